The first-order valence-electron chi connectivity index (χ1n) is 7.56. The molecule has 0 saturated carbocycles. The van der Waals surface area contributed by atoms with Gasteiger partial charge in [-0.15, -0.1) is 0 Å². The van der Waals surface area contributed by atoms with E-state index in [-0.39, 0.29) is 17.6 Å². The van der Waals surface area contributed by atoms with E-state index in [1.54, 1.807) is 61.5 Å². The third-order valence-electron chi connectivity index (χ3n) is 3.60. The predicted molar refractivity (Wildman–Crippen MR) is 97.2 cm³/mol. The van der Waals surface area contributed by atoms with Gasteiger partial charge < -0.3 is 15.1 Å². The number of benzene rings is 2. The Morgan fingerprint density at radius 2 is 1.48 bits per heavy atom. The summed E-state index contributed by atoms with van der Waals surface area (Å²) >= 11 is 5.83. The van der Waals surface area contributed by atoms with E-state index in [0.717, 1.165) is 5.56 Å². The first kappa shape index (κ1) is 16.8. The Balaban J connectivity index is 1.79. The van der Waals surface area contributed by atoms with Gasteiger partial charge in [-0.05, 0) is 49.4 Å². The third kappa shape index (κ3) is 3.89. The van der Waals surface area contributed by atoms with Crippen LogP contribution in [-0.2, 0) is 0 Å². The molecule has 0 radical (unpaired) electrons. The molecule has 2 amide bonds. The van der Waals surface area contributed by atoms with Crippen molar-refractivity contribution in [2.45, 2.75) is 6.92 Å². The molecule has 2 N–H and O–H groups in total. The van der Waals surface area contributed by atoms with Gasteiger partial charge in [0.2, 0.25) is 0 Å². The van der Waals surface area contributed by atoms with E-state index in [0.29, 0.717) is 22.0 Å². The van der Waals surface area contributed by atoms with Gasteiger partial charge in [0, 0.05) is 16.1 Å². The molecule has 0 saturated heterocycles. The maximum absolute atomic E-state index is 12.4. The maximum Gasteiger partial charge on any atom is 0.291 e. The van der Waals surface area contributed by atoms with E-state index in [2.05, 4.69) is 10.6 Å². The van der Waals surface area contributed by atoms with Gasteiger partial charge >= 0.3 is 0 Å². The van der Waals surface area contributed by atoms with Gasteiger partial charge in [0.25, 0.3) is 11.8 Å². The number of halogens is 1. The number of nitrogens with one attached hydrogen (secondary N) is 2. The van der Waals surface area contributed by atoms with Crippen LogP contribution in [0.5, 0.6) is 0 Å². The topological polar surface area (TPSA) is 71.3 Å². The number of para-hydroxylation sites is 2. The molecule has 0 spiro atoms. The molecule has 0 fully saturated rings. The zero-order chi connectivity index (χ0) is 17.8. The van der Waals surface area contributed by atoms with Gasteiger partial charge in [0.15, 0.2) is 5.76 Å². The van der Waals surface area contributed by atoms with Crippen LogP contribution in [-0.4, -0.2) is 11.8 Å². The van der Waals surface area contributed by atoms with E-state index in [1.165, 1.54) is 6.26 Å². The predicted octanol–water partition coefficient (Wildman–Crippen LogP) is 4.75. The standard InChI is InChI=1S/C19H15ClN2O3/c1-12-10-11-25-17(12)19(24)22-16-5-3-2-4-15(16)21-18(23)13-6-8-14(20)9-7-13/h2-11H,1H3,(H,21,23)(H,22,24). The minimum atomic E-state index is -0.379. The molecule has 0 aliphatic carbocycles. The summed E-state index contributed by atoms with van der Waals surface area (Å²) < 4.78 is 5.19. The van der Waals surface area contributed by atoms with Crippen molar-refractivity contribution in [3.63, 3.8) is 0 Å². The molecule has 3 aromatic rings. The SMILES string of the molecule is Cc1ccoc1C(=O)Nc1ccccc1NC(=O)c1ccc(Cl)cc1. The fourth-order valence-corrected chi connectivity index (χ4v) is 2.41. The Labute approximate surface area is 149 Å². The van der Waals surface area contributed by atoms with Gasteiger partial charge in [-0.25, -0.2) is 0 Å². The minimum absolute atomic E-state index is 0.235. The van der Waals surface area contributed by atoms with Crippen molar-refractivity contribution in [1.82, 2.24) is 0 Å². The smallest absolute Gasteiger partial charge is 0.291 e. The van der Waals surface area contributed by atoms with E-state index in [9.17, 15) is 9.59 Å². The molecule has 0 unspecified atom stereocenters. The molecule has 0 bridgehead atoms. The molecule has 0 aliphatic heterocycles. The number of furan rings is 1. The van der Waals surface area contributed by atoms with E-state index < -0.39 is 0 Å². The molecular formula is C19H15ClN2O3. The lowest BCUT2D eigenvalue weighted by Crippen LogP contribution is -2.16. The van der Waals surface area contributed by atoms with Gasteiger partial charge in [-0.2, -0.15) is 0 Å². The number of hydrogen-bond donors (Lipinski definition) is 2. The number of carbonyl (C=O) groups excluding carboxylic acids is 2. The Morgan fingerprint density at radius 1 is 0.880 bits per heavy atom. The van der Waals surface area contributed by atoms with Crippen molar-refractivity contribution in [2.75, 3.05) is 10.6 Å². The highest BCUT2D eigenvalue weighted by molar-refractivity contribution is 6.30. The molecule has 5 nitrogen and oxygen atoms in total. The Kier molecular flexibility index (Phi) is 4.86. The summed E-state index contributed by atoms with van der Waals surface area (Å²) in [5.74, 6) is -0.443. The highest BCUT2D eigenvalue weighted by Crippen LogP contribution is 2.23. The molecule has 0 atom stereocenters. The van der Waals surface area contributed by atoms with Gasteiger partial charge in [-0.1, -0.05) is 23.7 Å². The molecule has 25 heavy (non-hydrogen) atoms. The van der Waals surface area contributed by atoms with Crippen LogP contribution < -0.4 is 10.6 Å². The quantitative estimate of drug-likeness (QED) is 0.710. The maximum atomic E-state index is 12.4. The molecule has 2 aromatic carbocycles. The number of anilines is 2. The fraction of sp³-hybridized carbons (Fsp3) is 0.0526. The van der Waals surface area contributed by atoms with Gasteiger partial charge in [0.05, 0.1) is 17.6 Å². The van der Waals surface area contributed by atoms with Crippen LogP contribution in [0.4, 0.5) is 11.4 Å². The molecule has 3 rings (SSSR count). The Hall–Kier alpha value is -3.05. The lowest BCUT2D eigenvalue weighted by Gasteiger charge is -2.12. The van der Waals surface area contributed by atoms with Crippen molar-refractivity contribution >= 4 is 34.8 Å². The molecule has 0 aliphatic rings. The number of amides is 2. The highest BCUT2D eigenvalue weighted by atomic mass is 35.5. The van der Waals surface area contributed by atoms with Crippen molar-refractivity contribution < 1.29 is 14.0 Å². The van der Waals surface area contributed by atoms with Crippen LogP contribution in [0.15, 0.2) is 65.3 Å². The minimum Gasteiger partial charge on any atom is -0.459 e. The summed E-state index contributed by atoms with van der Waals surface area (Å²) in [7, 11) is 0. The van der Waals surface area contributed by atoms with Crippen molar-refractivity contribution in [2.24, 2.45) is 0 Å². The van der Waals surface area contributed by atoms with E-state index >= 15 is 0 Å². The molecule has 1 aromatic heterocycles. The second-order valence-electron chi connectivity index (χ2n) is 5.39. The van der Waals surface area contributed by atoms with Crippen LogP contribution in [0.25, 0.3) is 0 Å². The van der Waals surface area contributed by atoms with E-state index in [4.69, 9.17) is 16.0 Å². The summed E-state index contributed by atoms with van der Waals surface area (Å²) in [6.45, 7) is 1.78. The molecule has 126 valence electrons. The number of aryl methyl sites for hydroxylation is 1. The van der Waals surface area contributed by atoms with Crippen LogP contribution in [0.3, 0.4) is 0 Å². The molecular weight excluding hydrogens is 340 g/mol. The van der Waals surface area contributed by atoms with Crippen LogP contribution >= 0.6 is 11.6 Å². The average Bonchev–Trinajstić information content (AvgIpc) is 3.03. The second-order valence-corrected chi connectivity index (χ2v) is 5.83. The fourth-order valence-electron chi connectivity index (χ4n) is 2.28. The largest absolute Gasteiger partial charge is 0.459 e. The number of carbonyl (C=O) groups is 2. The van der Waals surface area contributed by atoms with Crippen LogP contribution in [0, 0.1) is 6.92 Å². The number of hydrogen-bond acceptors (Lipinski definition) is 3. The molecule has 1 heterocycles. The van der Waals surface area contributed by atoms with E-state index in [1.807, 2.05) is 0 Å². The Morgan fingerprint density at radius 3 is 2.04 bits per heavy atom. The molecule has 6 heteroatoms. The summed E-state index contributed by atoms with van der Waals surface area (Å²) in [6, 6.07) is 15.2. The summed E-state index contributed by atoms with van der Waals surface area (Å²) in [4.78, 5) is 24.7. The number of rotatable bonds is 4. The zero-order valence-electron chi connectivity index (χ0n) is 13.4. The summed E-state index contributed by atoms with van der Waals surface area (Å²) in [5, 5.41) is 6.09. The average molecular weight is 355 g/mol. The summed E-state index contributed by atoms with van der Waals surface area (Å²) in [5.41, 5.74) is 2.17. The highest BCUT2D eigenvalue weighted by Gasteiger charge is 2.15. The van der Waals surface area contributed by atoms with Crippen molar-refractivity contribution in [3.05, 3.63) is 82.8 Å². The van der Waals surface area contributed by atoms with Gasteiger partial charge in [0.1, 0.15) is 0 Å². The monoisotopic (exact) mass is 354 g/mol. The lowest BCUT2D eigenvalue weighted by atomic mass is 10.2. The second kappa shape index (κ2) is 7.23. The first-order valence-corrected chi connectivity index (χ1v) is 7.94. The third-order valence-corrected chi connectivity index (χ3v) is 3.85. The summed E-state index contributed by atoms with van der Waals surface area (Å²) in [6.07, 6.45) is 1.46. The van der Waals surface area contributed by atoms with Crippen LogP contribution in [0.1, 0.15) is 26.5 Å². The van der Waals surface area contributed by atoms with Crippen molar-refractivity contribution in [1.29, 1.82) is 0 Å². The van der Waals surface area contributed by atoms with Crippen molar-refractivity contribution in [3.8, 4) is 0 Å². The zero-order valence-corrected chi connectivity index (χ0v) is 14.1. The Bertz CT molecular complexity index is 916. The lowest BCUT2D eigenvalue weighted by molar-refractivity contribution is 0.0992. The van der Waals surface area contributed by atoms with Crippen LogP contribution in [0.2, 0.25) is 5.02 Å². The normalized spacial score (nSPS) is 10.3. The van der Waals surface area contributed by atoms with Gasteiger partial charge in [-0.3, -0.25) is 9.59 Å². The first-order chi connectivity index (χ1) is 12.0.